The lowest BCUT2D eigenvalue weighted by Crippen LogP contribution is -2.36. The molecule has 17 heavy (non-hydrogen) atoms. The predicted octanol–water partition coefficient (Wildman–Crippen LogP) is 1.25. The molecule has 0 fully saturated rings. The Kier molecular flexibility index (Phi) is 3.96. The van der Waals surface area contributed by atoms with Gasteiger partial charge in [0.25, 0.3) is 0 Å². The third kappa shape index (κ3) is 4.11. The van der Waals surface area contributed by atoms with E-state index in [1.165, 1.54) is 12.1 Å². The predicted molar refractivity (Wildman–Crippen MR) is 68.9 cm³/mol. The van der Waals surface area contributed by atoms with Gasteiger partial charge >= 0.3 is 0 Å². The molecule has 0 aliphatic rings. The fourth-order valence-electron chi connectivity index (χ4n) is 1.38. The molecule has 5 heteroatoms. The highest BCUT2D eigenvalue weighted by molar-refractivity contribution is 7.89. The van der Waals surface area contributed by atoms with Gasteiger partial charge in [0.2, 0.25) is 10.0 Å². The molecule has 0 aromatic heterocycles. The van der Waals surface area contributed by atoms with Crippen molar-refractivity contribution >= 4 is 10.0 Å². The standard InChI is InChI=1S/C12H20N2O2S/c1-12(2,3)11(13)8-9-4-6-10(7-5-9)17(14,15)16/h4-7,11H,8,13H2,1-3H3,(H2,14,15,16). The van der Waals surface area contributed by atoms with Crippen LogP contribution in [0.2, 0.25) is 0 Å². The highest BCUT2D eigenvalue weighted by atomic mass is 32.2. The van der Waals surface area contributed by atoms with Crippen molar-refractivity contribution in [1.82, 2.24) is 0 Å². The van der Waals surface area contributed by atoms with Crippen molar-refractivity contribution in [1.29, 1.82) is 0 Å². The molecule has 1 rings (SSSR count). The molecule has 96 valence electrons. The van der Waals surface area contributed by atoms with E-state index < -0.39 is 10.0 Å². The van der Waals surface area contributed by atoms with Gasteiger partial charge in [-0.25, -0.2) is 13.6 Å². The number of nitrogens with two attached hydrogens (primary N) is 2. The molecule has 0 saturated heterocycles. The minimum atomic E-state index is -3.61. The van der Waals surface area contributed by atoms with Crippen LogP contribution >= 0.6 is 0 Å². The third-order valence-electron chi connectivity index (χ3n) is 2.82. The van der Waals surface area contributed by atoms with Gasteiger partial charge in [0.1, 0.15) is 0 Å². The molecule has 1 atom stereocenters. The molecule has 0 spiro atoms. The Balaban J connectivity index is 2.83. The van der Waals surface area contributed by atoms with Gasteiger partial charge in [0, 0.05) is 6.04 Å². The first-order valence-corrected chi connectivity index (χ1v) is 7.02. The molecule has 0 amide bonds. The summed E-state index contributed by atoms with van der Waals surface area (Å²) in [5.74, 6) is 0. The summed E-state index contributed by atoms with van der Waals surface area (Å²) in [7, 11) is -3.61. The van der Waals surface area contributed by atoms with Crippen molar-refractivity contribution < 1.29 is 8.42 Å². The normalized spacial score (nSPS) is 14.6. The van der Waals surface area contributed by atoms with Crippen LogP contribution in [0.25, 0.3) is 0 Å². The average molecular weight is 256 g/mol. The number of primary sulfonamides is 1. The van der Waals surface area contributed by atoms with E-state index in [4.69, 9.17) is 10.9 Å². The van der Waals surface area contributed by atoms with E-state index in [-0.39, 0.29) is 16.4 Å². The third-order valence-corrected chi connectivity index (χ3v) is 3.75. The molecule has 1 aromatic carbocycles. The molecular weight excluding hydrogens is 236 g/mol. The van der Waals surface area contributed by atoms with Gasteiger partial charge in [-0.15, -0.1) is 0 Å². The van der Waals surface area contributed by atoms with E-state index in [1.54, 1.807) is 12.1 Å². The molecular formula is C12H20N2O2S. The van der Waals surface area contributed by atoms with Crippen LogP contribution in [-0.2, 0) is 16.4 Å². The number of sulfonamides is 1. The van der Waals surface area contributed by atoms with Crippen LogP contribution in [0, 0.1) is 5.41 Å². The summed E-state index contributed by atoms with van der Waals surface area (Å²) in [6.45, 7) is 6.24. The average Bonchev–Trinajstić information content (AvgIpc) is 2.15. The first-order chi connectivity index (χ1) is 7.60. The Labute approximate surface area is 103 Å². The maximum absolute atomic E-state index is 11.1. The zero-order valence-corrected chi connectivity index (χ0v) is 11.3. The summed E-state index contributed by atoms with van der Waals surface area (Å²) >= 11 is 0. The quantitative estimate of drug-likeness (QED) is 0.853. The minimum Gasteiger partial charge on any atom is -0.327 e. The zero-order valence-electron chi connectivity index (χ0n) is 10.5. The van der Waals surface area contributed by atoms with Gasteiger partial charge in [-0.2, -0.15) is 0 Å². The first-order valence-electron chi connectivity index (χ1n) is 5.48. The lowest BCUT2D eigenvalue weighted by atomic mass is 9.84. The summed E-state index contributed by atoms with van der Waals surface area (Å²) in [6.07, 6.45) is 0.717. The Morgan fingerprint density at radius 2 is 1.65 bits per heavy atom. The van der Waals surface area contributed by atoms with Crippen molar-refractivity contribution in [3.63, 3.8) is 0 Å². The molecule has 1 unspecified atom stereocenters. The number of hydrogen-bond donors (Lipinski definition) is 2. The topological polar surface area (TPSA) is 86.2 Å². The van der Waals surface area contributed by atoms with Crippen molar-refractivity contribution in [3.8, 4) is 0 Å². The van der Waals surface area contributed by atoms with Crippen LogP contribution in [0.4, 0.5) is 0 Å². The summed E-state index contributed by atoms with van der Waals surface area (Å²) in [4.78, 5) is 0.130. The van der Waals surface area contributed by atoms with Gasteiger partial charge in [-0.1, -0.05) is 32.9 Å². The Hall–Kier alpha value is -0.910. The van der Waals surface area contributed by atoms with E-state index in [0.717, 1.165) is 5.56 Å². The highest BCUT2D eigenvalue weighted by Crippen LogP contribution is 2.21. The second-order valence-electron chi connectivity index (χ2n) is 5.37. The van der Waals surface area contributed by atoms with Crippen molar-refractivity contribution in [2.75, 3.05) is 0 Å². The summed E-state index contributed by atoms with van der Waals surface area (Å²) in [6, 6.07) is 6.57. The largest absolute Gasteiger partial charge is 0.327 e. The fraction of sp³-hybridized carbons (Fsp3) is 0.500. The molecule has 0 saturated carbocycles. The number of hydrogen-bond acceptors (Lipinski definition) is 3. The second kappa shape index (κ2) is 4.76. The SMILES string of the molecule is CC(C)(C)C(N)Cc1ccc(S(N)(=O)=O)cc1. The second-order valence-corrected chi connectivity index (χ2v) is 6.93. The van der Waals surface area contributed by atoms with Crippen LogP contribution in [-0.4, -0.2) is 14.5 Å². The molecule has 0 bridgehead atoms. The molecule has 0 aliphatic carbocycles. The van der Waals surface area contributed by atoms with E-state index in [1.807, 2.05) is 0 Å². The molecule has 4 N–H and O–H groups in total. The van der Waals surface area contributed by atoms with E-state index in [2.05, 4.69) is 20.8 Å². The van der Waals surface area contributed by atoms with Gasteiger partial charge in [-0.05, 0) is 29.5 Å². The lowest BCUT2D eigenvalue weighted by molar-refractivity contribution is 0.318. The maximum Gasteiger partial charge on any atom is 0.238 e. The maximum atomic E-state index is 11.1. The van der Waals surface area contributed by atoms with Gasteiger partial charge in [0.15, 0.2) is 0 Å². The molecule has 1 aromatic rings. The summed E-state index contributed by atoms with van der Waals surface area (Å²) < 4.78 is 22.2. The fourth-order valence-corrected chi connectivity index (χ4v) is 1.89. The van der Waals surface area contributed by atoms with E-state index in [9.17, 15) is 8.42 Å². The Bertz CT molecular complexity index is 472. The lowest BCUT2D eigenvalue weighted by Gasteiger charge is -2.27. The number of benzene rings is 1. The minimum absolute atomic E-state index is 0.0264. The van der Waals surface area contributed by atoms with Gasteiger partial charge < -0.3 is 5.73 Å². The van der Waals surface area contributed by atoms with Gasteiger partial charge in [0.05, 0.1) is 4.90 Å². The summed E-state index contributed by atoms with van der Waals surface area (Å²) in [5, 5.41) is 5.02. The zero-order chi connectivity index (χ0) is 13.3. The van der Waals surface area contributed by atoms with Crippen LogP contribution in [0.5, 0.6) is 0 Å². The highest BCUT2D eigenvalue weighted by Gasteiger charge is 2.20. The van der Waals surface area contributed by atoms with Crippen LogP contribution in [0.15, 0.2) is 29.2 Å². The van der Waals surface area contributed by atoms with Crippen LogP contribution in [0.3, 0.4) is 0 Å². The van der Waals surface area contributed by atoms with Crippen LogP contribution in [0.1, 0.15) is 26.3 Å². The van der Waals surface area contributed by atoms with Crippen molar-refractivity contribution in [3.05, 3.63) is 29.8 Å². The molecule has 4 nitrogen and oxygen atoms in total. The Morgan fingerprint density at radius 3 is 2.00 bits per heavy atom. The molecule has 0 radical (unpaired) electrons. The van der Waals surface area contributed by atoms with Gasteiger partial charge in [-0.3, -0.25) is 0 Å². The monoisotopic (exact) mass is 256 g/mol. The summed E-state index contributed by atoms with van der Waals surface area (Å²) in [5.41, 5.74) is 7.10. The Morgan fingerprint density at radius 1 is 1.18 bits per heavy atom. The smallest absolute Gasteiger partial charge is 0.238 e. The molecule has 0 heterocycles. The van der Waals surface area contributed by atoms with Crippen molar-refractivity contribution in [2.24, 2.45) is 16.3 Å². The van der Waals surface area contributed by atoms with Crippen LogP contribution < -0.4 is 10.9 Å². The van der Waals surface area contributed by atoms with E-state index >= 15 is 0 Å². The van der Waals surface area contributed by atoms with E-state index in [0.29, 0.717) is 6.42 Å². The van der Waals surface area contributed by atoms with Crippen molar-refractivity contribution in [2.45, 2.75) is 38.1 Å². The molecule has 0 aliphatic heterocycles. The number of rotatable bonds is 3. The first kappa shape index (κ1) is 14.2.